The molecule has 1 N–H and O–H groups in total. The molecule has 0 saturated carbocycles. The predicted molar refractivity (Wildman–Crippen MR) is 72.6 cm³/mol. The first-order valence-corrected chi connectivity index (χ1v) is 5.97. The Hall–Kier alpha value is -1.84. The van der Waals surface area contributed by atoms with Gasteiger partial charge in [0.25, 0.3) is 0 Å². The van der Waals surface area contributed by atoms with Crippen molar-refractivity contribution in [1.29, 1.82) is 0 Å². The van der Waals surface area contributed by atoms with Crippen LogP contribution in [0.2, 0.25) is 0 Å². The van der Waals surface area contributed by atoms with Gasteiger partial charge in [-0.2, -0.15) is 0 Å². The first kappa shape index (κ1) is 14.2. The number of carbonyl (C=O) groups is 1. The van der Waals surface area contributed by atoms with Crippen LogP contribution in [0, 0.1) is 0 Å². The molecule has 0 spiro atoms. The minimum absolute atomic E-state index is 0.490. The molecule has 1 rings (SSSR count). The van der Waals surface area contributed by atoms with Gasteiger partial charge in [-0.1, -0.05) is 12.1 Å². The van der Waals surface area contributed by atoms with Gasteiger partial charge in [-0.25, -0.2) is 9.78 Å². The summed E-state index contributed by atoms with van der Waals surface area (Å²) in [7, 11) is 0. The lowest BCUT2D eigenvalue weighted by Crippen LogP contribution is -2.27. The topological polar surface area (TPSA) is 51.2 Å². The highest BCUT2D eigenvalue weighted by Gasteiger charge is 2.16. The number of amides is 1. The fourth-order valence-electron chi connectivity index (χ4n) is 1.35. The van der Waals surface area contributed by atoms with Crippen molar-refractivity contribution in [3.8, 4) is 0 Å². The van der Waals surface area contributed by atoms with Gasteiger partial charge in [0.1, 0.15) is 11.4 Å². The summed E-state index contributed by atoms with van der Waals surface area (Å²) in [5.41, 5.74) is 0.410. The van der Waals surface area contributed by atoms with E-state index in [0.717, 1.165) is 18.5 Å². The number of carbonyl (C=O) groups excluding carboxylic acids is 1. The number of aromatic nitrogens is 1. The van der Waals surface area contributed by atoms with Crippen molar-refractivity contribution in [2.75, 3.05) is 5.32 Å². The van der Waals surface area contributed by atoms with E-state index in [1.807, 2.05) is 39.0 Å². The van der Waals surface area contributed by atoms with E-state index in [0.29, 0.717) is 5.82 Å². The predicted octanol–water partition coefficient (Wildman–Crippen LogP) is 3.55. The molecule has 4 nitrogen and oxygen atoms in total. The molecule has 0 aliphatic heterocycles. The Balaban J connectivity index is 2.61. The van der Waals surface area contributed by atoms with E-state index in [-0.39, 0.29) is 0 Å². The summed E-state index contributed by atoms with van der Waals surface area (Å²) in [4.78, 5) is 15.9. The van der Waals surface area contributed by atoms with Gasteiger partial charge in [0, 0.05) is 5.69 Å². The average Bonchev–Trinajstić information content (AvgIpc) is 2.24. The molecule has 1 amide bonds. The highest BCUT2D eigenvalue weighted by atomic mass is 16.6. The van der Waals surface area contributed by atoms with Gasteiger partial charge >= 0.3 is 6.09 Å². The maximum Gasteiger partial charge on any atom is 0.413 e. The molecule has 0 bridgehead atoms. The Kier molecular flexibility index (Phi) is 4.89. The summed E-state index contributed by atoms with van der Waals surface area (Å²) in [5.74, 6) is 0.505. The number of ether oxygens (including phenoxy) is 1. The van der Waals surface area contributed by atoms with E-state index in [1.165, 1.54) is 0 Å². The maximum absolute atomic E-state index is 11.6. The third kappa shape index (κ3) is 5.48. The van der Waals surface area contributed by atoms with Crippen LogP contribution >= 0.6 is 0 Å². The number of nitrogens with one attached hydrogen (secondary N) is 1. The zero-order valence-electron chi connectivity index (χ0n) is 11.2. The van der Waals surface area contributed by atoms with Gasteiger partial charge in [-0.05, 0) is 45.7 Å². The van der Waals surface area contributed by atoms with Gasteiger partial charge in [0.05, 0.1) is 0 Å². The maximum atomic E-state index is 11.6. The van der Waals surface area contributed by atoms with Gasteiger partial charge in [-0.3, -0.25) is 5.32 Å². The Morgan fingerprint density at radius 2 is 2.22 bits per heavy atom. The van der Waals surface area contributed by atoms with E-state index in [1.54, 1.807) is 6.07 Å². The molecule has 0 aromatic carbocycles. The Morgan fingerprint density at radius 1 is 1.50 bits per heavy atom. The van der Waals surface area contributed by atoms with Crippen molar-refractivity contribution in [3.63, 3.8) is 0 Å². The largest absolute Gasteiger partial charge is 0.444 e. The molecule has 0 saturated heterocycles. The van der Waals surface area contributed by atoms with Gasteiger partial charge in [0.15, 0.2) is 0 Å². The summed E-state index contributed by atoms with van der Waals surface area (Å²) in [6, 6.07) is 5.52. The SMILES string of the molecule is C=CCCc1cccc(NC(=O)OC(C)(C)C)n1. The first-order valence-electron chi connectivity index (χ1n) is 5.97. The molecule has 98 valence electrons. The number of hydrogen-bond acceptors (Lipinski definition) is 3. The van der Waals surface area contributed by atoms with Crippen LogP contribution in [0.25, 0.3) is 0 Å². The van der Waals surface area contributed by atoms with Gasteiger partial charge < -0.3 is 4.74 Å². The molecule has 0 radical (unpaired) electrons. The lowest BCUT2D eigenvalue weighted by Gasteiger charge is -2.19. The standard InChI is InChI=1S/C14H20N2O2/c1-5-6-8-11-9-7-10-12(15-11)16-13(17)18-14(2,3)4/h5,7,9-10H,1,6,8H2,2-4H3,(H,15,16,17). The third-order valence-corrected chi connectivity index (χ3v) is 2.04. The highest BCUT2D eigenvalue weighted by molar-refractivity contribution is 5.83. The van der Waals surface area contributed by atoms with Crippen molar-refractivity contribution in [1.82, 2.24) is 4.98 Å². The van der Waals surface area contributed by atoms with Crippen molar-refractivity contribution in [2.24, 2.45) is 0 Å². The molecule has 1 aromatic heterocycles. The Labute approximate surface area is 108 Å². The molecule has 1 heterocycles. The third-order valence-electron chi connectivity index (χ3n) is 2.04. The molecule has 18 heavy (non-hydrogen) atoms. The van der Waals surface area contributed by atoms with E-state index < -0.39 is 11.7 Å². The number of aryl methyl sites for hydroxylation is 1. The van der Waals surface area contributed by atoms with E-state index >= 15 is 0 Å². The van der Waals surface area contributed by atoms with E-state index in [2.05, 4.69) is 16.9 Å². The van der Waals surface area contributed by atoms with Crippen LogP contribution < -0.4 is 5.32 Å². The van der Waals surface area contributed by atoms with Crippen molar-refractivity contribution >= 4 is 11.9 Å². The zero-order valence-corrected chi connectivity index (χ0v) is 11.2. The quantitative estimate of drug-likeness (QED) is 0.829. The minimum Gasteiger partial charge on any atom is -0.444 e. The summed E-state index contributed by atoms with van der Waals surface area (Å²) in [6.45, 7) is 9.13. The average molecular weight is 248 g/mol. The van der Waals surface area contributed by atoms with Crippen LogP contribution in [0.1, 0.15) is 32.9 Å². The molecule has 0 atom stereocenters. The van der Waals surface area contributed by atoms with E-state index in [4.69, 9.17) is 4.74 Å². The summed E-state index contributed by atoms with van der Waals surface area (Å²) >= 11 is 0. The smallest absolute Gasteiger partial charge is 0.413 e. The van der Waals surface area contributed by atoms with E-state index in [9.17, 15) is 4.79 Å². The first-order chi connectivity index (χ1) is 8.40. The van der Waals surface area contributed by atoms with Crippen molar-refractivity contribution in [3.05, 3.63) is 36.5 Å². The summed E-state index contributed by atoms with van der Waals surface area (Å²) in [6.07, 6.45) is 3.03. The molecule has 0 aliphatic carbocycles. The Morgan fingerprint density at radius 3 is 2.83 bits per heavy atom. The second kappa shape index (κ2) is 6.19. The summed E-state index contributed by atoms with van der Waals surface area (Å²) < 4.78 is 5.16. The Bertz CT molecular complexity index is 422. The molecular weight excluding hydrogens is 228 g/mol. The van der Waals surface area contributed by atoms with Crippen molar-refractivity contribution < 1.29 is 9.53 Å². The summed E-state index contributed by atoms with van der Waals surface area (Å²) in [5, 5.41) is 2.62. The van der Waals surface area contributed by atoms with Crippen molar-refractivity contribution in [2.45, 2.75) is 39.2 Å². The monoisotopic (exact) mass is 248 g/mol. The number of nitrogens with zero attached hydrogens (tertiary/aromatic N) is 1. The fourth-order valence-corrected chi connectivity index (χ4v) is 1.35. The van der Waals surface area contributed by atoms with Gasteiger partial charge in [-0.15, -0.1) is 6.58 Å². The molecule has 0 unspecified atom stereocenters. The number of pyridine rings is 1. The number of anilines is 1. The van der Waals surface area contributed by atoms with Gasteiger partial charge in [0.2, 0.25) is 0 Å². The van der Waals surface area contributed by atoms with Crippen LogP contribution in [0.4, 0.5) is 10.6 Å². The number of allylic oxidation sites excluding steroid dienone is 1. The second-order valence-electron chi connectivity index (χ2n) is 4.97. The minimum atomic E-state index is -0.509. The highest BCUT2D eigenvalue weighted by Crippen LogP contribution is 2.11. The normalized spacial score (nSPS) is 10.8. The molecule has 0 fully saturated rings. The van der Waals surface area contributed by atoms with Crippen LogP contribution in [-0.2, 0) is 11.2 Å². The second-order valence-corrected chi connectivity index (χ2v) is 4.97. The molecule has 0 aliphatic rings. The molecule has 1 aromatic rings. The number of hydrogen-bond donors (Lipinski definition) is 1. The van der Waals surface area contributed by atoms with Crippen LogP contribution in [0.15, 0.2) is 30.9 Å². The fraction of sp³-hybridized carbons (Fsp3) is 0.429. The number of rotatable bonds is 4. The lowest BCUT2D eigenvalue weighted by molar-refractivity contribution is 0.0635. The van der Waals surface area contributed by atoms with Crippen LogP contribution in [-0.4, -0.2) is 16.7 Å². The molecule has 4 heteroatoms. The zero-order chi connectivity index (χ0) is 13.6. The lowest BCUT2D eigenvalue weighted by atomic mass is 10.2. The van der Waals surface area contributed by atoms with Crippen LogP contribution in [0.3, 0.4) is 0 Å². The van der Waals surface area contributed by atoms with Crippen LogP contribution in [0.5, 0.6) is 0 Å². The molecular formula is C14H20N2O2.